The largest absolute Gasteiger partial charge is 0.493 e. The molecule has 0 saturated carbocycles. The fourth-order valence-corrected chi connectivity index (χ4v) is 2.93. The van der Waals surface area contributed by atoms with Crippen molar-refractivity contribution in [3.63, 3.8) is 0 Å². The lowest BCUT2D eigenvalue weighted by Gasteiger charge is -2.14. The van der Waals surface area contributed by atoms with E-state index in [2.05, 4.69) is 10.1 Å². The van der Waals surface area contributed by atoms with E-state index >= 15 is 0 Å². The van der Waals surface area contributed by atoms with Gasteiger partial charge in [0.05, 0.1) is 45.9 Å². The summed E-state index contributed by atoms with van der Waals surface area (Å²) in [5.74, 6) is 0.923. The van der Waals surface area contributed by atoms with Crippen molar-refractivity contribution in [2.45, 2.75) is 6.92 Å². The Kier molecular flexibility index (Phi) is 5.49. The normalized spacial score (nSPS) is 11.4. The molecule has 3 aromatic rings. The summed E-state index contributed by atoms with van der Waals surface area (Å²) < 4.78 is 22.7. The zero-order valence-electron chi connectivity index (χ0n) is 16.3. The summed E-state index contributed by atoms with van der Waals surface area (Å²) >= 11 is 0. The molecule has 146 valence electrons. The van der Waals surface area contributed by atoms with Gasteiger partial charge in [0.25, 0.3) is 0 Å². The molecule has 0 spiro atoms. The molecule has 0 aliphatic rings. The lowest BCUT2D eigenvalue weighted by atomic mass is 10.1. The zero-order chi connectivity index (χ0) is 20.3. The summed E-state index contributed by atoms with van der Waals surface area (Å²) in [7, 11) is 5.93. The Bertz CT molecular complexity index is 1030. The molecule has 2 aromatic heterocycles. The average molecular weight is 383 g/mol. The van der Waals surface area contributed by atoms with Gasteiger partial charge >= 0.3 is 5.97 Å². The number of hydrogen-bond acceptors (Lipinski definition) is 7. The fourth-order valence-electron chi connectivity index (χ4n) is 2.93. The monoisotopic (exact) mass is 383 g/mol. The summed E-state index contributed by atoms with van der Waals surface area (Å²) in [6, 6.07) is 7.04. The predicted octanol–water partition coefficient (Wildman–Crippen LogP) is 2.78. The molecular formula is C20H21N3O5. The highest BCUT2D eigenvalue weighted by Gasteiger charge is 2.19. The van der Waals surface area contributed by atoms with E-state index in [1.165, 1.54) is 28.4 Å². The molecule has 0 aliphatic heterocycles. The quantitative estimate of drug-likeness (QED) is 0.478. The molecular weight excluding hydrogens is 362 g/mol. The SMILES string of the molecule is COC(=O)/C(=C\c1cc(OC)c(OC)c(OC)c1)c1cc(C)nc2ccnn12. The van der Waals surface area contributed by atoms with Gasteiger partial charge in [0.2, 0.25) is 5.75 Å². The summed E-state index contributed by atoms with van der Waals surface area (Å²) in [6.45, 7) is 1.85. The molecule has 2 heterocycles. The highest BCUT2D eigenvalue weighted by molar-refractivity contribution is 6.21. The van der Waals surface area contributed by atoms with Crippen molar-refractivity contribution in [1.82, 2.24) is 14.6 Å². The van der Waals surface area contributed by atoms with Crippen molar-refractivity contribution >= 4 is 23.3 Å². The van der Waals surface area contributed by atoms with Gasteiger partial charge in [0.15, 0.2) is 17.1 Å². The first-order valence-electron chi connectivity index (χ1n) is 8.44. The molecule has 3 rings (SSSR count). The van der Waals surface area contributed by atoms with Gasteiger partial charge in [0.1, 0.15) is 0 Å². The molecule has 0 unspecified atom stereocenters. The van der Waals surface area contributed by atoms with Crippen LogP contribution in [0.5, 0.6) is 17.2 Å². The molecule has 8 heteroatoms. The van der Waals surface area contributed by atoms with Gasteiger partial charge in [-0.1, -0.05) is 0 Å². The molecule has 0 fully saturated rings. The summed E-state index contributed by atoms with van der Waals surface area (Å²) in [5.41, 5.74) is 2.94. The van der Waals surface area contributed by atoms with Crippen LogP contribution in [-0.4, -0.2) is 49.0 Å². The van der Waals surface area contributed by atoms with Gasteiger partial charge in [0, 0.05) is 11.8 Å². The molecule has 28 heavy (non-hydrogen) atoms. The number of esters is 1. The van der Waals surface area contributed by atoms with E-state index in [9.17, 15) is 4.79 Å². The summed E-state index contributed by atoms with van der Waals surface area (Å²) in [4.78, 5) is 17.0. The van der Waals surface area contributed by atoms with Crippen LogP contribution in [0.2, 0.25) is 0 Å². The van der Waals surface area contributed by atoms with Crippen molar-refractivity contribution in [2.24, 2.45) is 0 Å². The van der Waals surface area contributed by atoms with Crippen LogP contribution >= 0.6 is 0 Å². The van der Waals surface area contributed by atoms with E-state index in [0.29, 0.717) is 39.7 Å². The minimum Gasteiger partial charge on any atom is -0.493 e. The maximum atomic E-state index is 12.6. The molecule has 0 amide bonds. The summed E-state index contributed by atoms with van der Waals surface area (Å²) in [5, 5.41) is 4.27. The first kappa shape index (κ1) is 19.2. The Morgan fingerprint density at radius 1 is 1.04 bits per heavy atom. The maximum absolute atomic E-state index is 12.6. The highest BCUT2D eigenvalue weighted by Crippen LogP contribution is 2.39. The van der Waals surface area contributed by atoms with E-state index < -0.39 is 5.97 Å². The Labute approximate surface area is 162 Å². The molecule has 1 aromatic carbocycles. The van der Waals surface area contributed by atoms with E-state index in [4.69, 9.17) is 18.9 Å². The van der Waals surface area contributed by atoms with Crippen molar-refractivity contribution in [3.8, 4) is 17.2 Å². The Balaban J connectivity index is 2.24. The van der Waals surface area contributed by atoms with Crippen LogP contribution in [0.3, 0.4) is 0 Å². The number of ether oxygens (including phenoxy) is 4. The lowest BCUT2D eigenvalue weighted by Crippen LogP contribution is -2.10. The third-order valence-corrected chi connectivity index (χ3v) is 4.17. The average Bonchev–Trinajstić information content (AvgIpc) is 3.18. The summed E-state index contributed by atoms with van der Waals surface area (Å²) in [6.07, 6.45) is 3.31. The van der Waals surface area contributed by atoms with E-state index in [0.717, 1.165) is 5.69 Å². The van der Waals surface area contributed by atoms with Crippen molar-refractivity contribution in [1.29, 1.82) is 0 Å². The molecule has 0 atom stereocenters. The van der Waals surface area contributed by atoms with Gasteiger partial charge in [-0.15, -0.1) is 0 Å². The Morgan fingerprint density at radius 3 is 2.29 bits per heavy atom. The van der Waals surface area contributed by atoms with Crippen molar-refractivity contribution in [2.75, 3.05) is 28.4 Å². The molecule has 0 saturated heterocycles. The number of carbonyl (C=O) groups is 1. The van der Waals surface area contributed by atoms with Gasteiger partial charge in [-0.2, -0.15) is 5.10 Å². The highest BCUT2D eigenvalue weighted by atomic mass is 16.5. The molecule has 8 nitrogen and oxygen atoms in total. The van der Waals surface area contributed by atoms with E-state index in [-0.39, 0.29) is 0 Å². The van der Waals surface area contributed by atoms with Crippen LogP contribution in [0.25, 0.3) is 17.3 Å². The second-order valence-corrected chi connectivity index (χ2v) is 5.89. The van der Waals surface area contributed by atoms with Crippen LogP contribution < -0.4 is 14.2 Å². The number of benzene rings is 1. The second-order valence-electron chi connectivity index (χ2n) is 5.89. The number of hydrogen-bond donors (Lipinski definition) is 0. The number of methoxy groups -OCH3 is 4. The van der Waals surface area contributed by atoms with Gasteiger partial charge < -0.3 is 18.9 Å². The number of nitrogens with zero attached hydrogens (tertiary/aromatic N) is 3. The number of aryl methyl sites for hydroxylation is 1. The Morgan fingerprint density at radius 2 is 1.71 bits per heavy atom. The first-order valence-corrected chi connectivity index (χ1v) is 8.44. The second kappa shape index (κ2) is 7.99. The lowest BCUT2D eigenvalue weighted by molar-refractivity contribution is -0.133. The van der Waals surface area contributed by atoms with E-state index in [1.807, 2.05) is 6.92 Å². The van der Waals surface area contributed by atoms with Crippen molar-refractivity contribution in [3.05, 3.63) is 47.4 Å². The Hall–Kier alpha value is -3.55. The van der Waals surface area contributed by atoms with Crippen LogP contribution in [0.15, 0.2) is 30.5 Å². The topological polar surface area (TPSA) is 84.2 Å². The number of carbonyl (C=O) groups excluding carboxylic acids is 1. The van der Waals surface area contributed by atoms with E-state index in [1.54, 1.807) is 41.1 Å². The van der Waals surface area contributed by atoms with Gasteiger partial charge in [-0.3, -0.25) is 0 Å². The molecule has 0 radical (unpaired) electrons. The van der Waals surface area contributed by atoms with Crippen LogP contribution in [-0.2, 0) is 9.53 Å². The van der Waals surface area contributed by atoms with Crippen LogP contribution in [0, 0.1) is 6.92 Å². The maximum Gasteiger partial charge on any atom is 0.340 e. The number of rotatable bonds is 6. The minimum absolute atomic E-state index is 0.316. The van der Waals surface area contributed by atoms with Crippen LogP contribution in [0.1, 0.15) is 17.0 Å². The third kappa shape index (κ3) is 3.48. The third-order valence-electron chi connectivity index (χ3n) is 4.17. The van der Waals surface area contributed by atoms with Gasteiger partial charge in [-0.25, -0.2) is 14.3 Å². The standard InChI is InChI=1S/C20H21N3O5/c1-12-8-15(23-18(22-12)6-7-21-23)14(20(24)28-5)9-13-10-16(25-2)19(27-4)17(11-13)26-3/h6-11H,1-5H3/b14-9-. The minimum atomic E-state index is -0.504. The predicted molar refractivity (Wildman–Crippen MR) is 104 cm³/mol. The molecule has 0 aliphatic carbocycles. The van der Waals surface area contributed by atoms with Crippen molar-refractivity contribution < 1.29 is 23.7 Å². The zero-order valence-corrected chi connectivity index (χ0v) is 16.3. The van der Waals surface area contributed by atoms with Crippen LogP contribution in [0.4, 0.5) is 0 Å². The fraction of sp³-hybridized carbons (Fsp3) is 0.250. The molecule has 0 N–H and O–H groups in total. The number of aromatic nitrogens is 3. The first-order chi connectivity index (χ1) is 13.5. The van der Waals surface area contributed by atoms with Gasteiger partial charge in [-0.05, 0) is 36.8 Å². The number of fused-ring (bicyclic) bond motifs is 1. The molecule has 0 bridgehead atoms. The smallest absolute Gasteiger partial charge is 0.340 e.